The second kappa shape index (κ2) is 10.7. The molecule has 1 fully saturated rings. The van der Waals surface area contributed by atoms with Crippen molar-refractivity contribution in [3.05, 3.63) is 68.7 Å². The van der Waals surface area contributed by atoms with Crippen molar-refractivity contribution in [2.45, 2.75) is 51.1 Å². The Morgan fingerprint density at radius 1 is 1.12 bits per heavy atom. The highest BCUT2D eigenvalue weighted by Gasteiger charge is 2.32. The highest BCUT2D eigenvalue weighted by molar-refractivity contribution is 6.35. The number of rotatable bonds is 6. The number of aliphatic carboxylic acids is 1. The summed E-state index contributed by atoms with van der Waals surface area (Å²) in [5.41, 5.74) is 4.21. The zero-order chi connectivity index (χ0) is 23.5. The molecular weight excluding hydrogens is 479 g/mol. The minimum atomic E-state index is -0.664. The zero-order valence-electron chi connectivity index (χ0n) is 18.6. The molecule has 0 spiro atoms. The zero-order valence-corrected chi connectivity index (χ0v) is 20.9. The molecule has 4 unspecified atom stereocenters. The topological polar surface area (TPSA) is 61.4 Å². The van der Waals surface area contributed by atoms with Crippen LogP contribution >= 0.6 is 34.8 Å². The van der Waals surface area contributed by atoms with Gasteiger partial charge in [0.05, 0.1) is 22.7 Å². The van der Waals surface area contributed by atoms with Gasteiger partial charge >= 0.3 is 5.97 Å². The van der Waals surface area contributed by atoms with Crippen molar-refractivity contribution >= 4 is 52.0 Å². The molecule has 176 valence electrons. The molecule has 0 saturated heterocycles. The lowest BCUT2D eigenvalue weighted by molar-refractivity contribution is -0.143. The molecule has 33 heavy (non-hydrogen) atoms. The van der Waals surface area contributed by atoms with Crippen LogP contribution in [-0.4, -0.2) is 23.7 Å². The van der Waals surface area contributed by atoms with E-state index in [9.17, 15) is 9.90 Å². The first-order chi connectivity index (χ1) is 15.8. The molecule has 1 heterocycles. The van der Waals surface area contributed by atoms with E-state index in [-0.39, 0.29) is 18.0 Å². The summed E-state index contributed by atoms with van der Waals surface area (Å²) in [6, 6.07) is 11.7. The van der Waals surface area contributed by atoms with E-state index < -0.39 is 5.97 Å². The number of carboxylic acid groups (broad SMARTS) is 1. The fourth-order valence-corrected chi connectivity index (χ4v) is 5.80. The molecular formula is C26H29Cl3N2O2. The van der Waals surface area contributed by atoms with E-state index in [0.717, 1.165) is 55.5 Å². The Bertz CT molecular complexity index is 1060. The molecule has 7 heteroatoms. The van der Waals surface area contributed by atoms with Crippen molar-refractivity contribution in [2.75, 3.05) is 11.9 Å². The lowest BCUT2D eigenvalue weighted by Crippen LogP contribution is -2.41. The maximum atomic E-state index is 11.5. The number of nitrogens with one attached hydrogen (secondary N) is 2. The van der Waals surface area contributed by atoms with E-state index in [2.05, 4.69) is 28.8 Å². The van der Waals surface area contributed by atoms with Gasteiger partial charge in [-0.2, -0.15) is 0 Å². The smallest absolute Gasteiger partial charge is 0.306 e. The minimum absolute atomic E-state index is 0.0486. The van der Waals surface area contributed by atoms with E-state index in [1.807, 2.05) is 25.1 Å². The van der Waals surface area contributed by atoms with E-state index in [0.29, 0.717) is 21.0 Å². The molecule has 4 atom stereocenters. The third-order valence-electron chi connectivity index (χ3n) is 6.87. The first kappa shape index (κ1) is 24.4. The Labute approximate surface area is 210 Å². The summed E-state index contributed by atoms with van der Waals surface area (Å²) in [6.07, 6.45) is 6.79. The van der Waals surface area contributed by atoms with E-state index in [1.165, 1.54) is 5.57 Å². The normalized spacial score (nSPS) is 24.1. The summed E-state index contributed by atoms with van der Waals surface area (Å²) in [7, 11) is 0. The molecule has 0 aromatic heterocycles. The van der Waals surface area contributed by atoms with E-state index in [4.69, 9.17) is 34.8 Å². The van der Waals surface area contributed by atoms with Gasteiger partial charge in [0.1, 0.15) is 0 Å². The van der Waals surface area contributed by atoms with Crippen LogP contribution in [-0.2, 0) is 4.79 Å². The molecule has 3 N–H and O–H groups in total. The van der Waals surface area contributed by atoms with Gasteiger partial charge in [0.15, 0.2) is 0 Å². The molecule has 0 bridgehead atoms. The second-order valence-electron chi connectivity index (χ2n) is 9.11. The Balaban J connectivity index is 1.53. The van der Waals surface area contributed by atoms with Crippen LogP contribution in [0.1, 0.15) is 56.2 Å². The Hall–Kier alpha value is -1.72. The van der Waals surface area contributed by atoms with E-state index >= 15 is 0 Å². The molecule has 0 radical (unpaired) electrons. The first-order valence-corrected chi connectivity index (χ1v) is 12.6. The first-order valence-electron chi connectivity index (χ1n) is 11.5. The van der Waals surface area contributed by atoms with Gasteiger partial charge in [0, 0.05) is 16.1 Å². The van der Waals surface area contributed by atoms with Gasteiger partial charge in [-0.25, -0.2) is 0 Å². The lowest BCUT2D eigenvalue weighted by atomic mass is 9.76. The third-order valence-corrected chi connectivity index (χ3v) is 7.76. The van der Waals surface area contributed by atoms with Crippen molar-refractivity contribution in [2.24, 2.45) is 11.8 Å². The molecule has 4 rings (SSSR count). The lowest BCUT2D eigenvalue weighted by Gasteiger charge is -2.35. The third kappa shape index (κ3) is 5.86. The summed E-state index contributed by atoms with van der Waals surface area (Å²) < 4.78 is 0. The summed E-state index contributed by atoms with van der Waals surface area (Å²) in [6.45, 7) is 2.92. The summed E-state index contributed by atoms with van der Waals surface area (Å²) in [5.74, 6) is -0.535. The van der Waals surface area contributed by atoms with Crippen LogP contribution in [0.5, 0.6) is 0 Å². The van der Waals surface area contributed by atoms with Crippen molar-refractivity contribution in [1.82, 2.24) is 5.32 Å². The van der Waals surface area contributed by atoms with Gasteiger partial charge < -0.3 is 15.7 Å². The van der Waals surface area contributed by atoms with Crippen LogP contribution in [0, 0.1) is 11.8 Å². The van der Waals surface area contributed by atoms with Gasteiger partial charge in [-0.05, 0) is 86.0 Å². The highest BCUT2D eigenvalue weighted by Crippen LogP contribution is 2.36. The van der Waals surface area contributed by atoms with Gasteiger partial charge in [-0.3, -0.25) is 4.79 Å². The predicted octanol–water partition coefficient (Wildman–Crippen LogP) is 7.46. The van der Waals surface area contributed by atoms with Crippen LogP contribution in [0.4, 0.5) is 5.69 Å². The van der Waals surface area contributed by atoms with Gasteiger partial charge in [-0.15, -0.1) is 0 Å². The summed E-state index contributed by atoms with van der Waals surface area (Å²) in [5, 5.41) is 18.4. The number of carboxylic acids is 1. The molecule has 0 amide bonds. The Kier molecular flexibility index (Phi) is 7.91. The molecule has 1 saturated carbocycles. The van der Waals surface area contributed by atoms with Crippen LogP contribution in [0.3, 0.4) is 0 Å². The number of hydrogen-bond donors (Lipinski definition) is 3. The molecule has 1 aliphatic carbocycles. The van der Waals surface area contributed by atoms with Crippen LogP contribution < -0.4 is 10.6 Å². The monoisotopic (exact) mass is 506 g/mol. The van der Waals surface area contributed by atoms with E-state index in [1.54, 1.807) is 6.07 Å². The number of halogens is 3. The van der Waals surface area contributed by atoms with Crippen LogP contribution in [0.25, 0.3) is 5.57 Å². The van der Waals surface area contributed by atoms with Gasteiger partial charge in [0.2, 0.25) is 0 Å². The van der Waals surface area contributed by atoms with Crippen molar-refractivity contribution in [1.29, 1.82) is 0 Å². The second-order valence-corrected chi connectivity index (χ2v) is 10.4. The summed E-state index contributed by atoms with van der Waals surface area (Å²) in [4.78, 5) is 11.5. The highest BCUT2D eigenvalue weighted by atomic mass is 35.5. The molecule has 2 aliphatic rings. The van der Waals surface area contributed by atoms with Crippen LogP contribution in [0.2, 0.25) is 15.1 Å². The maximum Gasteiger partial charge on any atom is 0.306 e. The Morgan fingerprint density at radius 2 is 1.94 bits per heavy atom. The van der Waals surface area contributed by atoms with Crippen LogP contribution in [0.15, 0.2) is 42.5 Å². The van der Waals surface area contributed by atoms with Gasteiger partial charge in [-0.1, -0.05) is 59.4 Å². The molecule has 2 aromatic rings. The van der Waals surface area contributed by atoms with Crippen molar-refractivity contribution < 1.29 is 9.90 Å². The van der Waals surface area contributed by atoms with Gasteiger partial charge in [0.25, 0.3) is 0 Å². The van der Waals surface area contributed by atoms with Crippen molar-refractivity contribution in [3.63, 3.8) is 0 Å². The predicted molar refractivity (Wildman–Crippen MR) is 137 cm³/mol. The molecule has 4 nitrogen and oxygen atoms in total. The number of anilines is 1. The molecule has 1 aliphatic heterocycles. The quantitative estimate of drug-likeness (QED) is 0.380. The molecule has 2 aromatic carbocycles. The SMILES string of the molecule is CC(Nc1cc(C2=CC(C3CCCC(C(=O)O)C3)NCC2)ccc1Cl)c1ccc(Cl)cc1Cl. The average Bonchev–Trinajstić information content (AvgIpc) is 2.80. The standard InChI is InChI=1S/C26H29Cl3N2O2/c1-15(21-7-6-20(27)14-23(21)29)31-25-13-16(5-8-22(25)28)17-9-10-30-24(12-17)18-3-2-4-19(11-18)26(32)33/h5-8,12-15,18-19,24,30-31H,2-4,9-11H2,1H3,(H,32,33). The number of hydrogen-bond acceptors (Lipinski definition) is 3. The van der Waals surface area contributed by atoms with Crippen molar-refractivity contribution in [3.8, 4) is 0 Å². The number of carbonyl (C=O) groups is 1. The maximum absolute atomic E-state index is 11.5. The number of benzene rings is 2. The largest absolute Gasteiger partial charge is 0.481 e. The minimum Gasteiger partial charge on any atom is -0.481 e. The average molecular weight is 508 g/mol. The summed E-state index contributed by atoms with van der Waals surface area (Å²) >= 11 is 19.0. The fraction of sp³-hybridized carbons (Fsp3) is 0.423. The Morgan fingerprint density at radius 3 is 2.70 bits per heavy atom. The fourth-order valence-electron chi connectivity index (χ4n) is 5.05.